The molecule has 3 aromatic heterocycles. The molecule has 6 rings (SSSR count). The Bertz CT molecular complexity index is 2050. The molecule has 0 saturated carbocycles. The zero-order valence-corrected chi connectivity index (χ0v) is 25.2. The number of carboxylic acids is 2. The summed E-state index contributed by atoms with van der Waals surface area (Å²) in [6, 6.07) is 11.5. The maximum Gasteiger partial charge on any atom is 0.418 e. The predicted octanol–water partition coefficient (Wildman–Crippen LogP) is 4.09. The van der Waals surface area contributed by atoms with Crippen LogP contribution in [0.25, 0.3) is 38.8 Å². The number of aliphatic carboxylic acids is 2. The Morgan fingerprint density at radius 1 is 0.957 bits per heavy atom. The number of imidazole rings is 1. The Labute approximate surface area is 265 Å². The largest absolute Gasteiger partial charge is 0.495 e. The summed E-state index contributed by atoms with van der Waals surface area (Å²) in [7, 11) is 3.14. The van der Waals surface area contributed by atoms with Gasteiger partial charge in [0.15, 0.2) is 0 Å². The number of hydrogen-bond donors (Lipinski definition) is 3. The molecule has 5 aromatic rings. The van der Waals surface area contributed by atoms with Crippen molar-refractivity contribution in [3.63, 3.8) is 0 Å². The van der Waals surface area contributed by atoms with Crippen molar-refractivity contribution in [2.45, 2.75) is 6.18 Å². The first-order valence-electron chi connectivity index (χ1n) is 14.2. The molecule has 0 atom stereocenters. The van der Waals surface area contributed by atoms with Crippen LogP contribution in [0.1, 0.15) is 5.56 Å². The van der Waals surface area contributed by atoms with Gasteiger partial charge in [-0.25, -0.2) is 14.4 Å². The number of carboxylic acid groups (broad SMARTS) is 2. The Kier molecular flexibility index (Phi) is 9.28. The number of halogens is 3. The second kappa shape index (κ2) is 13.3. The van der Waals surface area contributed by atoms with Crippen molar-refractivity contribution in [1.29, 1.82) is 0 Å². The van der Waals surface area contributed by atoms with Crippen LogP contribution in [0.15, 0.2) is 78.0 Å². The van der Waals surface area contributed by atoms with Gasteiger partial charge in [0, 0.05) is 68.2 Å². The molecule has 1 aliphatic rings. The number of rotatable bonds is 6. The molecule has 12 nitrogen and oxygen atoms in total. The van der Waals surface area contributed by atoms with Crippen LogP contribution < -0.4 is 20.6 Å². The van der Waals surface area contributed by atoms with Crippen LogP contribution in [0.5, 0.6) is 5.75 Å². The van der Waals surface area contributed by atoms with Crippen LogP contribution in [0.2, 0.25) is 0 Å². The molecule has 0 aliphatic carbocycles. The van der Waals surface area contributed by atoms with E-state index in [4.69, 9.17) is 14.9 Å². The quantitative estimate of drug-likeness (QED) is 0.229. The number of hydrogen-bond acceptors (Lipinski definition) is 8. The third-order valence-electron chi connectivity index (χ3n) is 7.54. The minimum absolute atomic E-state index is 0.111. The number of alkyl halides is 3. The summed E-state index contributed by atoms with van der Waals surface area (Å²) < 4.78 is 51.0. The fraction of sp³-hybridized carbons (Fsp3) is 0.219. The van der Waals surface area contributed by atoms with Gasteiger partial charge < -0.3 is 25.2 Å². The van der Waals surface area contributed by atoms with Gasteiger partial charge in [0.1, 0.15) is 5.75 Å². The fourth-order valence-corrected chi connectivity index (χ4v) is 5.32. The highest BCUT2D eigenvalue weighted by molar-refractivity contribution is 6.04. The fourth-order valence-electron chi connectivity index (χ4n) is 5.32. The van der Waals surface area contributed by atoms with Crippen LogP contribution in [0, 0.1) is 0 Å². The first-order valence-corrected chi connectivity index (χ1v) is 14.2. The summed E-state index contributed by atoms with van der Waals surface area (Å²) >= 11 is 0. The molecule has 244 valence electrons. The first-order chi connectivity index (χ1) is 22.4. The van der Waals surface area contributed by atoms with E-state index in [1.54, 1.807) is 43.7 Å². The van der Waals surface area contributed by atoms with Crippen LogP contribution >= 0.6 is 0 Å². The molecule has 3 N–H and O–H groups in total. The lowest BCUT2D eigenvalue weighted by molar-refractivity contribution is -0.137. The number of aromatic nitrogens is 4. The number of anilines is 1. The van der Waals surface area contributed by atoms with Crippen molar-refractivity contribution in [2.24, 2.45) is 7.05 Å². The molecule has 15 heteroatoms. The van der Waals surface area contributed by atoms with Gasteiger partial charge in [-0.2, -0.15) is 13.2 Å². The summed E-state index contributed by atoms with van der Waals surface area (Å²) in [5, 5.41) is 19.4. The van der Waals surface area contributed by atoms with Gasteiger partial charge in [0.05, 0.1) is 47.3 Å². The van der Waals surface area contributed by atoms with Crippen LogP contribution in [0.4, 0.5) is 18.9 Å². The summed E-state index contributed by atoms with van der Waals surface area (Å²) in [5.74, 6) is -1.93. The van der Waals surface area contributed by atoms with E-state index < -0.39 is 29.4 Å². The average Bonchev–Trinajstić information content (AvgIpc) is 3.33. The average molecular weight is 651 g/mol. The Morgan fingerprint density at radius 3 is 2.30 bits per heavy atom. The number of piperazine rings is 1. The number of nitrogens with zero attached hydrogens (tertiary/aromatic N) is 5. The minimum Gasteiger partial charge on any atom is -0.495 e. The maximum absolute atomic E-state index is 14.3. The Morgan fingerprint density at radius 2 is 1.66 bits per heavy atom. The van der Waals surface area contributed by atoms with Crippen molar-refractivity contribution >= 4 is 39.6 Å². The lowest BCUT2D eigenvalue weighted by atomic mass is 10.0. The molecule has 0 radical (unpaired) electrons. The van der Waals surface area contributed by atoms with Crippen LogP contribution in [-0.4, -0.2) is 74.5 Å². The number of fused-ring (bicyclic) bond motifs is 3. The first kappa shape index (κ1) is 32.7. The molecule has 0 amide bonds. The van der Waals surface area contributed by atoms with Gasteiger partial charge in [0.2, 0.25) is 0 Å². The summed E-state index contributed by atoms with van der Waals surface area (Å²) in [4.78, 5) is 43.1. The topological polar surface area (TPSA) is 152 Å². The zero-order valence-electron chi connectivity index (χ0n) is 25.2. The lowest BCUT2D eigenvalue weighted by Crippen LogP contribution is -2.44. The number of methoxy groups -OCH3 is 1. The molecule has 0 unspecified atom stereocenters. The number of pyridine rings is 2. The van der Waals surface area contributed by atoms with Crippen LogP contribution in [-0.2, 0) is 22.8 Å². The molecule has 1 fully saturated rings. The molecule has 47 heavy (non-hydrogen) atoms. The van der Waals surface area contributed by atoms with Crippen molar-refractivity contribution < 1.29 is 37.7 Å². The lowest BCUT2D eigenvalue weighted by Gasteiger charge is -2.31. The second-order valence-corrected chi connectivity index (χ2v) is 10.5. The normalized spacial score (nSPS) is 13.5. The van der Waals surface area contributed by atoms with E-state index in [0.717, 1.165) is 17.2 Å². The molecular formula is C32H29F3N6O6. The van der Waals surface area contributed by atoms with E-state index >= 15 is 0 Å². The molecule has 1 saturated heterocycles. The number of aryl methyl sites for hydroxylation is 1. The van der Waals surface area contributed by atoms with Gasteiger partial charge >= 0.3 is 23.8 Å². The molecule has 2 aromatic carbocycles. The van der Waals surface area contributed by atoms with Gasteiger partial charge in [-0.05, 0) is 42.0 Å². The van der Waals surface area contributed by atoms with Crippen molar-refractivity contribution in [3.05, 3.63) is 89.3 Å². The van der Waals surface area contributed by atoms with Gasteiger partial charge in [0.25, 0.3) is 0 Å². The smallest absolute Gasteiger partial charge is 0.418 e. The third kappa shape index (κ3) is 6.94. The van der Waals surface area contributed by atoms with Crippen molar-refractivity contribution in [3.8, 4) is 22.6 Å². The van der Waals surface area contributed by atoms with Gasteiger partial charge in [-0.1, -0.05) is 6.07 Å². The van der Waals surface area contributed by atoms with E-state index in [1.165, 1.54) is 15.2 Å². The molecule has 4 heterocycles. The van der Waals surface area contributed by atoms with E-state index in [-0.39, 0.29) is 11.4 Å². The highest BCUT2D eigenvalue weighted by Gasteiger charge is 2.36. The summed E-state index contributed by atoms with van der Waals surface area (Å²) in [6.45, 7) is 2.14. The van der Waals surface area contributed by atoms with Crippen molar-refractivity contribution in [1.82, 2.24) is 24.4 Å². The molecule has 0 spiro atoms. The second-order valence-electron chi connectivity index (χ2n) is 10.5. The summed E-state index contributed by atoms with van der Waals surface area (Å²) in [6.07, 6.45) is 1.38. The Hall–Kier alpha value is -5.70. The van der Waals surface area contributed by atoms with Gasteiger partial charge in [-0.3, -0.25) is 19.1 Å². The SMILES string of the molecule is COc1cncc(-c2ccc3ncc4c(c3c2)n(-c2ccc(N3CCNCC3)c(C(F)(F)F)c2)c(=O)n4C)c1.O=C(O)/C=C\C(=O)O. The number of carbonyl (C=O) groups is 2. The van der Waals surface area contributed by atoms with E-state index in [9.17, 15) is 27.6 Å². The van der Waals surface area contributed by atoms with E-state index in [0.29, 0.717) is 66.0 Å². The number of nitrogens with one attached hydrogen (secondary N) is 1. The molecule has 0 bridgehead atoms. The third-order valence-corrected chi connectivity index (χ3v) is 7.54. The Balaban J connectivity index is 0.000000483. The minimum atomic E-state index is -4.60. The van der Waals surface area contributed by atoms with Crippen LogP contribution in [0.3, 0.4) is 0 Å². The summed E-state index contributed by atoms with van der Waals surface area (Å²) in [5.41, 5.74) is 2.20. The molecule has 1 aliphatic heterocycles. The number of benzene rings is 2. The number of ether oxygens (including phenoxy) is 1. The highest BCUT2D eigenvalue weighted by Crippen LogP contribution is 2.39. The predicted molar refractivity (Wildman–Crippen MR) is 168 cm³/mol. The standard InChI is InChI=1S/C28H25F3N6O2.C4H4O4/c1-35-25-16-34-23-5-3-17(18-11-20(39-2)15-33-14-18)12-21(23)26(25)37(27(35)38)19-4-6-24(22(13-19)28(29,30)31)36-9-7-32-8-10-36;5-3(6)1-2-4(7)8/h3-6,11-16,32H,7-10H2,1-2H3;1-2H,(H,5,6)(H,7,8)/b;2-1-. The van der Waals surface area contributed by atoms with E-state index in [2.05, 4.69) is 15.3 Å². The monoisotopic (exact) mass is 650 g/mol. The molecular weight excluding hydrogens is 621 g/mol. The van der Waals surface area contributed by atoms with Crippen molar-refractivity contribution in [2.75, 3.05) is 38.2 Å². The zero-order chi connectivity index (χ0) is 33.9. The van der Waals surface area contributed by atoms with Gasteiger partial charge in [-0.15, -0.1) is 0 Å². The maximum atomic E-state index is 14.3. The van der Waals surface area contributed by atoms with E-state index in [1.807, 2.05) is 24.3 Å². The highest BCUT2D eigenvalue weighted by atomic mass is 19.4.